The molecule has 88 valence electrons. The molecular weight excluding hydrogens is 228 g/mol. The molecule has 0 saturated heterocycles. The van der Waals surface area contributed by atoms with E-state index in [0.29, 0.717) is 12.1 Å². The minimum Gasteiger partial charge on any atom is -0.341 e. The smallest absolute Gasteiger partial charge is 0.127 e. The van der Waals surface area contributed by atoms with Gasteiger partial charge < -0.3 is 4.57 Å². The van der Waals surface area contributed by atoms with Crippen molar-refractivity contribution in [3.8, 4) is 6.07 Å². The van der Waals surface area contributed by atoms with Gasteiger partial charge in [0.1, 0.15) is 11.4 Å². The van der Waals surface area contributed by atoms with E-state index in [4.69, 9.17) is 5.26 Å². The third-order valence-electron chi connectivity index (χ3n) is 2.97. The zero-order valence-electron chi connectivity index (χ0n) is 9.79. The van der Waals surface area contributed by atoms with Crippen molar-refractivity contribution >= 4 is 10.9 Å². The Kier molecular flexibility index (Phi) is 2.34. The Morgan fingerprint density at radius 3 is 2.94 bits per heavy atom. The van der Waals surface area contributed by atoms with Crippen molar-refractivity contribution in [2.24, 2.45) is 0 Å². The summed E-state index contributed by atoms with van der Waals surface area (Å²) < 4.78 is 6.74. The molecule has 3 aromatic rings. The molecule has 3 rings (SSSR count). The van der Waals surface area contributed by atoms with Gasteiger partial charge in [-0.25, -0.2) is 4.63 Å². The molecule has 0 N–H and O–H groups in total. The first-order chi connectivity index (χ1) is 8.78. The van der Waals surface area contributed by atoms with Crippen molar-refractivity contribution in [2.45, 2.75) is 13.5 Å². The number of aromatic nitrogens is 3. The van der Waals surface area contributed by atoms with Crippen molar-refractivity contribution in [1.82, 2.24) is 14.9 Å². The quantitative estimate of drug-likeness (QED) is 0.686. The Morgan fingerprint density at radius 1 is 1.33 bits per heavy atom. The number of rotatable bonds is 2. The highest BCUT2D eigenvalue weighted by Gasteiger charge is 2.08. The summed E-state index contributed by atoms with van der Waals surface area (Å²) in [7, 11) is 0. The highest BCUT2D eigenvalue weighted by atomic mass is 16.6. The maximum Gasteiger partial charge on any atom is 0.127 e. The molecule has 5 nitrogen and oxygen atoms in total. The van der Waals surface area contributed by atoms with Gasteiger partial charge in [-0.15, -0.1) is 0 Å². The number of aryl methyl sites for hydroxylation is 1. The zero-order valence-corrected chi connectivity index (χ0v) is 9.79. The van der Waals surface area contributed by atoms with Crippen molar-refractivity contribution in [1.29, 1.82) is 5.26 Å². The Bertz CT molecular complexity index is 748. The Labute approximate surface area is 103 Å². The van der Waals surface area contributed by atoms with Gasteiger partial charge >= 0.3 is 0 Å². The molecule has 0 unspecified atom stereocenters. The minimum absolute atomic E-state index is 0.616. The van der Waals surface area contributed by atoms with E-state index in [9.17, 15) is 0 Å². The second-order valence-corrected chi connectivity index (χ2v) is 4.13. The van der Waals surface area contributed by atoms with Crippen LogP contribution in [-0.4, -0.2) is 14.9 Å². The SMILES string of the molecule is Cc1nonc1Cn1ccc2cc(C#N)ccc21. The van der Waals surface area contributed by atoms with Gasteiger partial charge in [-0.3, -0.25) is 0 Å². The first-order valence-corrected chi connectivity index (χ1v) is 5.55. The largest absolute Gasteiger partial charge is 0.341 e. The molecule has 1 aromatic carbocycles. The summed E-state index contributed by atoms with van der Waals surface area (Å²) in [6.07, 6.45) is 1.97. The number of nitriles is 1. The summed E-state index contributed by atoms with van der Waals surface area (Å²) in [6, 6.07) is 9.75. The molecule has 0 fully saturated rings. The van der Waals surface area contributed by atoms with Crippen LogP contribution in [0.5, 0.6) is 0 Å². The second kappa shape index (κ2) is 4.00. The van der Waals surface area contributed by atoms with Gasteiger partial charge in [-0.05, 0) is 31.2 Å². The van der Waals surface area contributed by atoms with Crippen LogP contribution in [0.1, 0.15) is 17.0 Å². The highest BCUT2D eigenvalue weighted by molar-refractivity contribution is 5.81. The van der Waals surface area contributed by atoms with Crippen molar-refractivity contribution in [3.63, 3.8) is 0 Å². The lowest BCUT2D eigenvalue weighted by Gasteiger charge is -2.02. The van der Waals surface area contributed by atoms with Crippen molar-refractivity contribution < 1.29 is 4.63 Å². The second-order valence-electron chi connectivity index (χ2n) is 4.13. The molecule has 2 heterocycles. The lowest BCUT2D eigenvalue weighted by molar-refractivity contribution is 0.300. The van der Waals surface area contributed by atoms with Crippen molar-refractivity contribution in [2.75, 3.05) is 0 Å². The first-order valence-electron chi connectivity index (χ1n) is 5.55. The van der Waals surface area contributed by atoms with Crippen LogP contribution < -0.4 is 0 Å². The van der Waals surface area contributed by atoms with Gasteiger partial charge in [0.15, 0.2) is 0 Å². The highest BCUT2D eigenvalue weighted by Crippen LogP contribution is 2.18. The number of hydrogen-bond acceptors (Lipinski definition) is 4. The number of fused-ring (bicyclic) bond motifs is 1. The Morgan fingerprint density at radius 2 is 2.22 bits per heavy atom. The van der Waals surface area contributed by atoms with Crippen LogP contribution in [0, 0.1) is 18.3 Å². The fraction of sp³-hybridized carbons (Fsp3) is 0.154. The van der Waals surface area contributed by atoms with Gasteiger partial charge in [-0.1, -0.05) is 10.3 Å². The monoisotopic (exact) mass is 238 g/mol. The molecule has 18 heavy (non-hydrogen) atoms. The van der Waals surface area contributed by atoms with Crippen LogP contribution in [0.2, 0.25) is 0 Å². The van der Waals surface area contributed by atoms with Gasteiger partial charge in [0.05, 0.1) is 18.2 Å². The molecule has 2 aromatic heterocycles. The van der Waals surface area contributed by atoms with Gasteiger partial charge in [0, 0.05) is 17.1 Å². The number of hydrogen-bond donors (Lipinski definition) is 0. The van der Waals surface area contributed by atoms with E-state index in [0.717, 1.165) is 22.3 Å². The van der Waals surface area contributed by atoms with Crippen LogP contribution in [0.25, 0.3) is 10.9 Å². The molecule has 0 aliphatic rings. The number of nitrogens with zero attached hydrogens (tertiary/aromatic N) is 4. The molecule has 0 spiro atoms. The molecule has 0 radical (unpaired) electrons. The molecular formula is C13H10N4O. The van der Waals surface area contributed by atoms with E-state index in [-0.39, 0.29) is 0 Å². The molecule has 0 aliphatic heterocycles. The van der Waals surface area contributed by atoms with Gasteiger partial charge in [-0.2, -0.15) is 5.26 Å². The third-order valence-corrected chi connectivity index (χ3v) is 2.97. The Balaban J connectivity index is 2.04. The van der Waals surface area contributed by atoms with Crippen LogP contribution >= 0.6 is 0 Å². The van der Waals surface area contributed by atoms with E-state index in [1.54, 1.807) is 0 Å². The van der Waals surface area contributed by atoms with Crippen LogP contribution in [0.3, 0.4) is 0 Å². The topological polar surface area (TPSA) is 67.6 Å². The minimum atomic E-state index is 0.616. The normalized spacial score (nSPS) is 10.7. The summed E-state index contributed by atoms with van der Waals surface area (Å²) in [4.78, 5) is 0. The summed E-state index contributed by atoms with van der Waals surface area (Å²) in [5, 5.41) is 17.5. The standard InChI is InChI=1S/C13H10N4O/c1-9-12(16-18-15-9)8-17-5-4-11-6-10(7-14)2-3-13(11)17/h2-6H,8H2,1H3. The van der Waals surface area contributed by atoms with E-state index in [2.05, 4.69) is 25.6 Å². The van der Waals surface area contributed by atoms with E-state index < -0.39 is 0 Å². The lowest BCUT2D eigenvalue weighted by Crippen LogP contribution is -1.99. The zero-order chi connectivity index (χ0) is 12.5. The maximum atomic E-state index is 8.86. The van der Waals surface area contributed by atoms with Crippen molar-refractivity contribution in [3.05, 3.63) is 47.4 Å². The molecule has 0 amide bonds. The summed E-state index contributed by atoms with van der Waals surface area (Å²) >= 11 is 0. The molecule has 0 atom stereocenters. The van der Waals surface area contributed by atoms with E-state index in [1.807, 2.05) is 37.4 Å². The average Bonchev–Trinajstić information content (AvgIpc) is 2.97. The predicted octanol–water partition coefficient (Wildman–Crippen LogP) is 2.25. The first kappa shape index (κ1) is 10.5. The average molecular weight is 238 g/mol. The van der Waals surface area contributed by atoms with Crippen LogP contribution in [-0.2, 0) is 6.54 Å². The molecule has 0 bridgehead atoms. The van der Waals surface area contributed by atoms with E-state index in [1.165, 1.54) is 0 Å². The fourth-order valence-corrected chi connectivity index (χ4v) is 1.96. The van der Waals surface area contributed by atoms with Gasteiger partial charge in [0.25, 0.3) is 0 Å². The Hall–Kier alpha value is -2.61. The number of benzene rings is 1. The third kappa shape index (κ3) is 1.64. The molecule has 0 saturated carbocycles. The van der Waals surface area contributed by atoms with E-state index >= 15 is 0 Å². The fourth-order valence-electron chi connectivity index (χ4n) is 1.96. The molecule has 0 aliphatic carbocycles. The predicted molar refractivity (Wildman–Crippen MR) is 64.8 cm³/mol. The molecule has 5 heteroatoms. The lowest BCUT2D eigenvalue weighted by atomic mass is 10.2. The van der Waals surface area contributed by atoms with Crippen LogP contribution in [0.15, 0.2) is 35.1 Å². The maximum absolute atomic E-state index is 8.86. The summed E-state index contributed by atoms with van der Waals surface area (Å²) in [6.45, 7) is 2.48. The van der Waals surface area contributed by atoms with Crippen LogP contribution in [0.4, 0.5) is 0 Å². The summed E-state index contributed by atoms with van der Waals surface area (Å²) in [5.41, 5.74) is 3.35. The summed E-state index contributed by atoms with van der Waals surface area (Å²) in [5.74, 6) is 0. The van der Waals surface area contributed by atoms with Gasteiger partial charge in [0.2, 0.25) is 0 Å².